The lowest BCUT2D eigenvalue weighted by molar-refractivity contribution is -0.313. The van der Waals surface area contributed by atoms with E-state index in [2.05, 4.69) is 0 Å². The predicted octanol–water partition coefficient (Wildman–Crippen LogP) is -1.45. The third-order valence-corrected chi connectivity index (χ3v) is 4.23. The van der Waals surface area contributed by atoms with E-state index in [-0.39, 0.29) is 5.91 Å². The van der Waals surface area contributed by atoms with Crippen molar-refractivity contribution in [3.8, 4) is 0 Å². The zero-order valence-electron chi connectivity index (χ0n) is 10.7. The second-order valence-corrected chi connectivity index (χ2v) is 5.33. The summed E-state index contributed by atoms with van der Waals surface area (Å²) in [4.78, 5) is 25.3. The molecule has 0 saturated carbocycles. The van der Waals surface area contributed by atoms with Crippen LogP contribution in [-0.4, -0.2) is 55.3 Å². The van der Waals surface area contributed by atoms with Crippen LogP contribution in [0.2, 0.25) is 0 Å². The molecule has 0 aromatic rings. The second kappa shape index (κ2) is 4.31. The fourth-order valence-corrected chi connectivity index (χ4v) is 3.44. The Morgan fingerprint density at radius 2 is 2.47 bits per heavy atom. The fourth-order valence-electron chi connectivity index (χ4n) is 3.44. The molecule has 2 bridgehead atoms. The summed E-state index contributed by atoms with van der Waals surface area (Å²) in [5.74, 6) is -2.83. The first kappa shape index (κ1) is 12.6. The van der Waals surface area contributed by atoms with Crippen LogP contribution in [0.25, 0.3) is 0 Å². The minimum Gasteiger partial charge on any atom is -0.550 e. The van der Waals surface area contributed by atoms with Crippen LogP contribution in [-0.2, 0) is 19.1 Å². The van der Waals surface area contributed by atoms with Gasteiger partial charge < -0.3 is 24.3 Å². The van der Waals surface area contributed by atoms with Crippen LogP contribution >= 0.6 is 0 Å². The number of aliphatic carboxylic acids is 1. The van der Waals surface area contributed by atoms with E-state index in [0.29, 0.717) is 19.7 Å². The number of carbonyl (C=O) groups excluding carboxylic acids is 2. The van der Waals surface area contributed by atoms with Gasteiger partial charge in [0.25, 0.3) is 0 Å². The molecular weight excluding hydrogens is 250 g/mol. The Morgan fingerprint density at radius 1 is 1.68 bits per heavy atom. The van der Waals surface area contributed by atoms with Gasteiger partial charge in [0.15, 0.2) is 0 Å². The maximum atomic E-state index is 12.4. The van der Waals surface area contributed by atoms with Crippen LogP contribution in [0.4, 0.5) is 0 Å². The molecule has 2 fully saturated rings. The normalized spacial score (nSPS) is 39.1. The van der Waals surface area contributed by atoms with E-state index in [1.54, 1.807) is 18.1 Å². The van der Waals surface area contributed by atoms with Gasteiger partial charge in [-0.1, -0.05) is 12.2 Å². The zero-order valence-corrected chi connectivity index (χ0v) is 10.7. The van der Waals surface area contributed by atoms with Crippen molar-refractivity contribution < 1.29 is 24.2 Å². The molecule has 3 aliphatic heterocycles. The van der Waals surface area contributed by atoms with E-state index in [4.69, 9.17) is 9.47 Å². The van der Waals surface area contributed by atoms with Crippen molar-refractivity contribution in [2.24, 2.45) is 11.8 Å². The monoisotopic (exact) mass is 266 g/mol. The van der Waals surface area contributed by atoms with Crippen molar-refractivity contribution in [2.45, 2.75) is 18.1 Å². The molecule has 3 rings (SSSR count). The molecule has 104 valence electrons. The van der Waals surface area contributed by atoms with Gasteiger partial charge in [-0.05, 0) is 6.42 Å². The van der Waals surface area contributed by atoms with Crippen LogP contribution in [0.15, 0.2) is 12.2 Å². The number of hydrogen-bond acceptors (Lipinski definition) is 5. The summed E-state index contributed by atoms with van der Waals surface area (Å²) < 4.78 is 10.7. The maximum absolute atomic E-state index is 12.4. The number of carboxylic acids is 1. The molecule has 0 aromatic heterocycles. The molecule has 3 aliphatic rings. The van der Waals surface area contributed by atoms with Gasteiger partial charge in [0.05, 0.1) is 18.6 Å². The summed E-state index contributed by atoms with van der Waals surface area (Å²) in [5.41, 5.74) is -0.750. The van der Waals surface area contributed by atoms with Crippen LogP contribution in [0, 0.1) is 11.8 Å². The van der Waals surface area contributed by atoms with Gasteiger partial charge in [-0.2, -0.15) is 0 Å². The lowest BCUT2D eigenvalue weighted by Gasteiger charge is -2.24. The number of hydrogen-bond donors (Lipinski definition) is 0. The van der Waals surface area contributed by atoms with Crippen molar-refractivity contribution >= 4 is 11.9 Å². The van der Waals surface area contributed by atoms with E-state index >= 15 is 0 Å². The topological polar surface area (TPSA) is 78.9 Å². The number of carboxylic acid groups (broad SMARTS) is 1. The highest BCUT2D eigenvalue weighted by molar-refractivity contribution is 5.90. The molecule has 19 heavy (non-hydrogen) atoms. The molecule has 1 spiro atoms. The zero-order chi connectivity index (χ0) is 13.6. The number of ether oxygens (including phenoxy) is 2. The van der Waals surface area contributed by atoms with Crippen molar-refractivity contribution in [2.75, 3.05) is 26.8 Å². The summed E-state index contributed by atoms with van der Waals surface area (Å²) >= 11 is 0. The predicted molar refractivity (Wildman–Crippen MR) is 61.8 cm³/mol. The first-order valence-corrected chi connectivity index (χ1v) is 6.45. The second-order valence-electron chi connectivity index (χ2n) is 5.33. The van der Waals surface area contributed by atoms with Crippen molar-refractivity contribution in [3.05, 3.63) is 12.2 Å². The number of fused-ring (bicyclic) bond motifs is 1. The third-order valence-electron chi connectivity index (χ3n) is 4.23. The van der Waals surface area contributed by atoms with E-state index < -0.39 is 29.5 Å². The van der Waals surface area contributed by atoms with Crippen LogP contribution in [0.3, 0.4) is 0 Å². The highest BCUT2D eigenvalue weighted by Gasteiger charge is 2.65. The first-order valence-electron chi connectivity index (χ1n) is 6.45. The summed E-state index contributed by atoms with van der Waals surface area (Å²) in [6.45, 7) is 1.56. The average Bonchev–Trinajstić information content (AvgIpc) is 2.99. The quantitative estimate of drug-likeness (QED) is 0.449. The average molecular weight is 266 g/mol. The van der Waals surface area contributed by atoms with Crippen molar-refractivity contribution in [3.63, 3.8) is 0 Å². The van der Waals surface area contributed by atoms with Gasteiger partial charge >= 0.3 is 0 Å². The van der Waals surface area contributed by atoms with Crippen LogP contribution in [0.5, 0.6) is 0 Å². The maximum Gasteiger partial charge on any atom is 0.229 e. The third kappa shape index (κ3) is 1.70. The Bertz CT molecular complexity index is 448. The number of rotatable bonds is 5. The molecule has 0 radical (unpaired) electrons. The van der Waals surface area contributed by atoms with E-state index in [0.717, 1.165) is 6.42 Å². The molecular formula is C13H16NO5-. The van der Waals surface area contributed by atoms with Gasteiger partial charge in [-0.15, -0.1) is 0 Å². The molecule has 0 aliphatic carbocycles. The summed E-state index contributed by atoms with van der Waals surface area (Å²) in [6.07, 6.45) is 3.80. The fraction of sp³-hybridized carbons (Fsp3) is 0.692. The Balaban J connectivity index is 1.79. The molecule has 0 N–H and O–H groups in total. The molecule has 1 amide bonds. The number of nitrogens with zero attached hydrogens (tertiary/aromatic N) is 1. The van der Waals surface area contributed by atoms with Gasteiger partial charge in [0, 0.05) is 32.1 Å². The Labute approximate surface area is 111 Å². The van der Waals surface area contributed by atoms with Gasteiger partial charge in [0.2, 0.25) is 5.91 Å². The minimum atomic E-state index is -1.20. The highest BCUT2D eigenvalue weighted by atomic mass is 16.5. The van der Waals surface area contributed by atoms with E-state index in [1.807, 2.05) is 6.08 Å². The number of likely N-dealkylation sites (tertiary alicyclic amines) is 1. The lowest BCUT2D eigenvalue weighted by Crippen LogP contribution is -2.45. The first-order chi connectivity index (χ1) is 9.09. The molecule has 3 heterocycles. The Hall–Kier alpha value is -1.40. The van der Waals surface area contributed by atoms with E-state index in [1.165, 1.54) is 0 Å². The van der Waals surface area contributed by atoms with Crippen LogP contribution in [0.1, 0.15) is 6.42 Å². The van der Waals surface area contributed by atoms with Gasteiger partial charge in [-0.25, -0.2) is 0 Å². The van der Waals surface area contributed by atoms with E-state index in [9.17, 15) is 14.7 Å². The number of methoxy groups -OCH3 is 1. The molecule has 6 heteroatoms. The minimum absolute atomic E-state index is 0.142. The molecule has 4 atom stereocenters. The number of amides is 1. The SMILES string of the molecule is COCCCN1C[C@]23C=C[C@@H](O2)[C@@H](C(=O)[O-])[C@@H]3C1=O. The Kier molecular flexibility index (Phi) is 2.87. The van der Waals surface area contributed by atoms with Gasteiger partial charge in [0.1, 0.15) is 5.60 Å². The lowest BCUT2D eigenvalue weighted by atomic mass is 9.77. The standard InChI is InChI=1S/C13H17NO5/c1-18-6-2-5-14-7-13-4-3-8(19-13)9(12(16)17)10(13)11(14)15/h3-4,8-10H,2,5-7H2,1H3,(H,16,17)/p-1/t8-,9-,10-,13+/m1/s1. The van der Waals surface area contributed by atoms with Gasteiger partial charge in [-0.3, -0.25) is 4.79 Å². The molecule has 2 saturated heterocycles. The smallest absolute Gasteiger partial charge is 0.229 e. The van der Waals surface area contributed by atoms with Crippen LogP contribution < -0.4 is 5.11 Å². The molecule has 6 nitrogen and oxygen atoms in total. The molecule has 0 unspecified atom stereocenters. The highest BCUT2D eigenvalue weighted by Crippen LogP contribution is 2.51. The number of carbonyl (C=O) groups is 2. The summed E-state index contributed by atoms with van der Waals surface area (Å²) in [7, 11) is 1.61. The largest absolute Gasteiger partial charge is 0.550 e. The summed E-state index contributed by atoms with van der Waals surface area (Å²) in [6, 6.07) is 0. The van der Waals surface area contributed by atoms with Crippen molar-refractivity contribution in [1.29, 1.82) is 0 Å². The Morgan fingerprint density at radius 3 is 3.16 bits per heavy atom. The van der Waals surface area contributed by atoms with Crippen molar-refractivity contribution in [1.82, 2.24) is 4.90 Å². The molecule has 0 aromatic carbocycles. The summed E-state index contributed by atoms with van der Waals surface area (Å²) in [5, 5.41) is 11.2.